The Morgan fingerprint density at radius 2 is 0.952 bits per heavy atom. The van der Waals surface area contributed by atoms with Crippen LogP contribution in [0.5, 0.6) is 0 Å². The minimum absolute atomic E-state index is 0.132. The number of hydrogen-bond acceptors (Lipinski definition) is 0. The average molecular weight is 384 g/mol. The van der Waals surface area contributed by atoms with Crippen LogP contribution in [0, 0.1) is 3.57 Å². The number of halogens is 1. The molecule has 0 bridgehead atoms. The molecule has 0 N–H and O–H groups in total. The molecule has 0 amide bonds. The predicted molar refractivity (Wildman–Crippen MR) is 97.6 cm³/mol. The smallest absolute Gasteiger partial charge is 0.0423 e. The van der Waals surface area contributed by atoms with Crippen molar-refractivity contribution in [3.63, 3.8) is 0 Å². The first-order valence-corrected chi connectivity index (χ1v) is 8.16. The van der Waals surface area contributed by atoms with Gasteiger partial charge >= 0.3 is 0 Å². The van der Waals surface area contributed by atoms with Crippen molar-refractivity contribution in [2.45, 2.75) is 12.3 Å². The van der Waals surface area contributed by atoms with E-state index in [2.05, 4.69) is 114 Å². The van der Waals surface area contributed by atoms with Gasteiger partial charge < -0.3 is 0 Å². The van der Waals surface area contributed by atoms with Crippen LogP contribution in [-0.4, -0.2) is 0 Å². The van der Waals surface area contributed by atoms with Crippen LogP contribution in [-0.2, 0) is 5.41 Å². The van der Waals surface area contributed by atoms with Crippen molar-refractivity contribution >= 4 is 22.6 Å². The third kappa shape index (κ3) is 2.75. The zero-order valence-corrected chi connectivity index (χ0v) is 14.1. The molecule has 0 radical (unpaired) electrons. The molecule has 0 atom stereocenters. The van der Waals surface area contributed by atoms with Crippen LogP contribution >= 0.6 is 22.6 Å². The minimum atomic E-state index is -0.132. The summed E-state index contributed by atoms with van der Waals surface area (Å²) in [4.78, 5) is 0. The molecule has 0 spiro atoms. The van der Waals surface area contributed by atoms with E-state index < -0.39 is 0 Å². The van der Waals surface area contributed by atoms with Crippen molar-refractivity contribution < 1.29 is 0 Å². The van der Waals surface area contributed by atoms with Crippen molar-refractivity contribution in [3.05, 3.63) is 105 Å². The second-order valence-corrected chi connectivity index (χ2v) is 6.61. The Balaban J connectivity index is 2.23. The SMILES string of the molecule is CC(c1ccccc1)(c1ccccc1)c1ccc(I)cc1. The lowest BCUT2D eigenvalue weighted by atomic mass is 9.71. The van der Waals surface area contributed by atoms with E-state index >= 15 is 0 Å². The van der Waals surface area contributed by atoms with Gasteiger partial charge in [-0.1, -0.05) is 72.8 Å². The minimum Gasteiger partial charge on any atom is -0.0622 e. The molecular weight excluding hydrogens is 367 g/mol. The third-order valence-corrected chi connectivity index (χ3v) is 4.84. The van der Waals surface area contributed by atoms with Gasteiger partial charge in [-0.3, -0.25) is 0 Å². The topological polar surface area (TPSA) is 0 Å². The fourth-order valence-corrected chi connectivity index (χ4v) is 3.19. The van der Waals surface area contributed by atoms with E-state index in [1.165, 1.54) is 20.3 Å². The van der Waals surface area contributed by atoms with E-state index in [0.717, 1.165) is 0 Å². The van der Waals surface area contributed by atoms with E-state index in [4.69, 9.17) is 0 Å². The highest BCUT2D eigenvalue weighted by atomic mass is 127. The van der Waals surface area contributed by atoms with Crippen LogP contribution in [0.25, 0.3) is 0 Å². The molecule has 0 aromatic heterocycles. The molecule has 1 heteroatoms. The van der Waals surface area contributed by atoms with Crippen LogP contribution in [0.2, 0.25) is 0 Å². The molecule has 0 unspecified atom stereocenters. The van der Waals surface area contributed by atoms with E-state index in [1.807, 2.05) is 0 Å². The highest BCUT2D eigenvalue weighted by Gasteiger charge is 2.30. The summed E-state index contributed by atoms with van der Waals surface area (Å²) in [5, 5.41) is 0. The second kappa shape index (κ2) is 6.02. The molecule has 0 aliphatic rings. The molecule has 3 aromatic rings. The number of hydrogen-bond donors (Lipinski definition) is 0. The van der Waals surface area contributed by atoms with E-state index in [1.54, 1.807) is 0 Å². The Bertz CT molecular complexity index is 660. The second-order valence-electron chi connectivity index (χ2n) is 5.36. The first-order chi connectivity index (χ1) is 10.2. The lowest BCUT2D eigenvalue weighted by molar-refractivity contribution is 0.692. The fourth-order valence-electron chi connectivity index (χ4n) is 2.83. The Kier molecular flexibility index (Phi) is 4.11. The number of benzene rings is 3. The van der Waals surface area contributed by atoms with Gasteiger partial charge in [0, 0.05) is 8.99 Å². The van der Waals surface area contributed by atoms with Gasteiger partial charge in [-0.05, 0) is 58.3 Å². The molecule has 0 aliphatic heterocycles. The van der Waals surface area contributed by atoms with Gasteiger partial charge in [0.25, 0.3) is 0 Å². The largest absolute Gasteiger partial charge is 0.0622 e. The monoisotopic (exact) mass is 384 g/mol. The van der Waals surface area contributed by atoms with Crippen LogP contribution in [0.1, 0.15) is 23.6 Å². The summed E-state index contributed by atoms with van der Waals surface area (Å²) in [6.07, 6.45) is 0. The van der Waals surface area contributed by atoms with Gasteiger partial charge in [0.05, 0.1) is 0 Å². The maximum atomic E-state index is 2.35. The Hall–Kier alpha value is -1.61. The summed E-state index contributed by atoms with van der Waals surface area (Å²) >= 11 is 2.35. The van der Waals surface area contributed by atoms with Crippen LogP contribution < -0.4 is 0 Å². The van der Waals surface area contributed by atoms with Crippen LogP contribution in [0.4, 0.5) is 0 Å². The summed E-state index contributed by atoms with van der Waals surface area (Å²) in [5.41, 5.74) is 3.82. The molecule has 0 aliphatic carbocycles. The Labute approximate surface area is 140 Å². The third-order valence-electron chi connectivity index (χ3n) is 4.12. The molecule has 0 nitrogen and oxygen atoms in total. The maximum Gasteiger partial charge on any atom is 0.0423 e. The van der Waals surface area contributed by atoms with Gasteiger partial charge in [-0.15, -0.1) is 0 Å². The lowest BCUT2D eigenvalue weighted by Crippen LogP contribution is -2.25. The van der Waals surface area contributed by atoms with Crippen molar-refractivity contribution in [3.8, 4) is 0 Å². The fraction of sp³-hybridized carbons (Fsp3) is 0.100. The van der Waals surface area contributed by atoms with Gasteiger partial charge in [-0.25, -0.2) is 0 Å². The molecule has 0 heterocycles. The summed E-state index contributed by atoms with van der Waals surface area (Å²) in [5.74, 6) is 0. The van der Waals surface area contributed by atoms with Crippen molar-refractivity contribution in [2.75, 3.05) is 0 Å². The zero-order chi connectivity index (χ0) is 14.7. The normalized spacial score (nSPS) is 11.3. The van der Waals surface area contributed by atoms with Gasteiger partial charge in [-0.2, -0.15) is 0 Å². The van der Waals surface area contributed by atoms with E-state index in [9.17, 15) is 0 Å². The summed E-state index contributed by atoms with van der Waals surface area (Å²) < 4.78 is 1.26. The van der Waals surface area contributed by atoms with Crippen molar-refractivity contribution in [2.24, 2.45) is 0 Å². The molecular formula is C20H17I. The molecule has 21 heavy (non-hydrogen) atoms. The average Bonchev–Trinajstić information content (AvgIpc) is 2.56. The molecule has 3 rings (SSSR count). The van der Waals surface area contributed by atoms with Gasteiger partial charge in [0.2, 0.25) is 0 Å². The predicted octanol–water partition coefficient (Wildman–Crippen LogP) is 5.65. The van der Waals surface area contributed by atoms with Crippen molar-refractivity contribution in [1.29, 1.82) is 0 Å². The molecule has 0 fully saturated rings. The maximum absolute atomic E-state index is 2.35. The van der Waals surface area contributed by atoms with Crippen LogP contribution in [0.15, 0.2) is 84.9 Å². The molecule has 104 valence electrons. The summed E-state index contributed by atoms with van der Waals surface area (Å²) in [6.45, 7) is 2.31. The highest BCUT2D eigenvalue weighted by Crippen LogP contribution is 2.38. The Morgan fingerprint density at radius 3 is 1.38 bits per heavy atom. The van der Waals surface area contributed by atoms with E-state index in [0.29, 0.717) is 0 Å². The first kappa shape index (κ1) is 14.3. The lowest BCUT2D eigenvalue weighted by Gasteiger charge is -2.32. The summed E-state index contributed by atoms with van der Waals surface area (Å²) in [6, 6.07) is 30.3. The quantitative estimate of drug-likeness (QED) is 0.405. The molecule has 0 saturated carbocycles. The van der Waals surface area contributed by atoms with Gasteiger partial charge in [0.1, 0.15) is 0 Å². The summed E-state index contributed by atoms with van der Waals surface area (Å²) in [7, 11) is 0. The molecule has 0 saturated heterocycles. The van der Waals surface area contributed by atoms with E-state index in [-0.39, 0.29) is 5.41 Å². The first-order valence-electron chi connectivity index (χ1n) is 7.08. The Morgan fingerprint density at radius 1 is 0.571 bits per heavy atom. The standard InChI is InChI=1S/C20H17I/c1-20(16-8-4-2-5-9-16,17-10-6-3-7-11-17)18-12-14-19(21)15-13-18/h2-15H,1H3. The van der Waals surface area contributed by atoms with Gasteiger partial charge in [0.15, 0.2) is 0 Å². The van der Waals surface area contributed by atoms with Crippen LogP contribution in [0.3, 0.4) is 0 Å². The van der Waals surface area contributed by atoms with Crippen molar-refractivity contribution in [1.82, 2.24) is 0 Å². The molecule has 3 aromatic carbocycles. The zero-order valence-electron chi connectivity index (χ0n) is 12.0. The number of rotatable bonds is 3. The highest BCUT2D eigenvalue weighted by molar-refractivity contribution is 14.1.